The van der Waals surface area contributed by atoms with Gasteiger partial charge < -0.3 is 15.5 Å². The highest BCUT2D eigenvalue weighted by molar-refractivity contribution is 5.97. The lowest BCUT2D eigenvalue weighted by molar-refractivity contribution is -0.133. The Kier molecular flexibility index (Phi) is 8.03. The van der Waals surface area contributed by atoms with E-state index in [4.69, 9.17) is 10.3 Å². The van der Waals surface area contributed by atoms with Gasteiger partial charge in [0.15, 0.2) is 0 Å². The molecule has 0 saturated carbocycles. The van der Waals surface area contributed by atoms with Gasteiger partial charge in [0, 0.05) is 17.5 Å². The van der Waals surface area contributed by atoms with Gasteiger partial charge in [0.1, 0.15) is 6.04 Å². The Morgan fingerprint density at radius 3 is 2.42 bits per heavy atom. The van der Waals surface area contributed by atoms with Gasteiger partial charge in [-0.15, -0.1) is 0 Å². The van der Waals surface area contributed by atoms with E-state index >= 15 is 0 Å². The molecule has 0 bridgehead atoms. The maximum absolute atomic E-state index is 12.1. The molecule has 7 nitrogen and oxygen atoms in total. The van der Waals surface area contributed by atoms with Crippen LogP contribution in [0.5, 0.6) is 0 Å². The molecule has 0 aromatic heterocycles. The highest BCUT2D eigenvalue weighted by Gasteiger charge is 2.25. The van der Waals surface area contributed by atoms with Crippen LogP contribution in [0.4, 0.5) is 0 Å². The van der Waals surface area contributed by atoms with Crippen LogP contribution in [-0.2, 0) is 4.79 Å². The van der Waals surface area contributed by atoms with E-state index in [0.717, 1.165) is 0 Å². The molecule has 0 aliphatic carbocycles. The van der Waals surface area contributed by atoms with Gasteiger partial charge in [-0.2, -0.15) is 0 Å². The molecule has 2 amide bonds. The number of carbonyl (C=O) groups is 2. The quantitative estimate of drug-likeness (QED) is 0.281. The fourth-order valence-electron chi connectivity index (χ4n) is 1.67. The summed E-state index contributed by atoms with van der Waals surface area (Å²) < 4.78 is 0. The summed E-state index contributed by atoms with van der Waals surface area (Å²) in [5.41, 5.74) is 2.30. The van der Waals surface area contributed by atoms with Gasteiger partial charge in [-0.1, -0.05) is 11.8 Å². The van der Waals surface area contributed by atoms with E-state index in [0.29, 0.717) is 12.0 Å². The third-order valence-electron chi connectivity index (χ3n) is 2.90. The van der Waals surface area contributed by atoms with Crippen molar-refractivity contribution >= 4 is 11.8 Å². The predicted molar refractivity (Wildman–Crippen MR) is 85.7 cm³/mol. The van der Waals surface area contributed by atoms with E-state index in [1.54, 1.807) is 12.1 Å². The highest BCUT2D eigenvalue weighted by Crippen LogP contribution is 2.05. The van der Waals surface area contributed by atoms with Crippen LogP contribution in [0.25, 0.3) is 0 Å². The molecule has 5 N–H and O–H groups in total. The minimum Gasteiger partial charge on any atom is -0.395 e. The van der Waals surface area contributed by atoms with Crippen molar-refractivity contribution in [1.82, 2.24) is 10.8 Å². The zero-order chi connectivity index (χ0) is 17.9. The Morgan fingerprint density at radius 1 is 1.21 bits per heavy atom. The Bertz CT molecular complexity index is 690. The molecule has 0 spiro atoms. The Hall–Kier alpha value is -2.84. The van der Waals surface area contributed by atoms with E-state index in [-0.39, 0.29) is 12.2 Å². The lowest BCUT2D eigenvalue weighted by Crippen LogP contribution is -2.51. The first-order chi connectivity index (χ1) is 11.5. The van der Waals surface area contributed by atoms with Crippen LogP contribution in [0.3, 0.4) is 0 Å². The van der Waals surface area contributed by atoms with Crippen molar-refractivity contribution in [3.8, 4) is 23.7 Å². The van der Waals surface area contributed by atoms with Crippen LogP contribution in [0.1, 0.15) is 29.3 Å². The Labute approximate surface area is 139 Å². The second-order valence-corrected chi connectivity index (χ2v) is 4.77. The highest BCUT2D eigenvalue weighted by atomic mass is 16.5. The molecule has 0 fully saturated rings. The minimum absolute atomic E-state index is 0.0136. The summed E-state index contributed by atoms with van der Waals surface area (Å²) in [5.74, 6) is 9.16. The van der Waals surface area contributed by atoms with E-state index in [2.05, 4.69) is 29.0 Å². The molecule has 7 heteroatoms. The van der Waals surface area contributed by atoms with Crippen molar-refractivity contribution in [2.24, 2.45) is 0 Å². The van der Waals surface area contributed by atoms with E-state index in [9.17, 15) is 14.7 Å². The number of aliphatic hydroxyl groups is 2. The molecule has 0 radical (unpaired) electrons. The molecule has 2 atom stereocenters. The zero-order valence-corrected chi connectivity index (χ0v) is 13.0. The second kappa shape index (κ2) is 10.0. The van der Waals surface area contributed by atoms with Gasteiger partial charge in [0.2, 0.25) is 0 Å². The van der Waals surface area contributed by atoms with Gasteiger partial charge in [0.25, 0.3) is 11.8 Å². The molecule has 0 unspecified atom stereocenters. The summed E-state index contributed by atoms with van der Waals surface area (Å²) >= 11 is 0. The first kappa shape index (κ1) is 19.2. The number of benzene rings is 1. The van der Waals surface area contributed by atoms with E-state index in [1.165, 1.54) is 24.5 Å². The first-order valence-electron chi connectivity index (χ1n) is 7.12. The van der Waals surface area contributed by atoms with Crippen LogP contribution < -0.4 is 10.8 Å². The SMILES string of the molecule is C[C@@H](O)[C@H](NC(=O)c1ccc(C#CC#CCCO)cc1)C(=O)NO. The molecule has 1 aromatic rings. The molecular weight excluding hydrogens is 312 g/mol. The van der Waals surface area contributed by atoms with E-state index in [1.807, 2.05) is 0 Å². The molecule has 126 valence electrons. The summed E-state index contributed by atoms with van der Waals surface area (Å²) in [6.45, 7) is 1.30. The predicted octanol–water partition coefficient (Wildman–Crippen LogP) is -0.591. The molecule has 24 heavy (non-hydrogen) atoms. The minimum atomic E-state index is -1.27. The lowest BCUT2D eigenvalue weighted by atomic mass is 10.1. The molecule has 1 rings (SSSR count). The number of amides is 2. The fourth-order valence-corrected chi connectivity index (χ4v) is 1.67. The maximum atomic E-state index is 12.1. The average Bonchev–Trinajstić information content (AvgIpc) is 2.58. The van der Waals surface area contributed by atoms with Crippen molar-refractivity contribution < 1.29 is 25.0 Å². The van der Waals surface area contributed by atoms with Crippen molar-refractivity contribution in [2.75, 3.05) is 6.61 Å². The first-order valence-corrected chi connectivity index (χ1v) is 7.12. The fraction of sp³-hybridized carbons (Fsp3) is 0.294. The second-order valence-electron chi connectivity index (χ2n) is 4.77. The van der Waals surface area contributed by atoms with Crippen molar-refractivity contribution in [3.05, 3.63) is 35.4 Å². The summed E-state index contributed by atoms with van der Waals surface area (Å²) in [4.78, 5) is 23.4. The monoisotopic (exact) mass is 330 g/mol. The van der Waals surface area contributed by atoms with Crippen molar-refractivity contribution in [3.63, 3.8) is 0 Å². The number of hydrogen-bond donors (Lipinski definition) is 5. The summed E-state index contributed by atoms with van der Waals surface area (Å²) in [6, 6.07) is 4.97. The normalized spacial score (nSPS) is 11.8. The van der Waals surface area contributed by atoms with Crippen molar-refractivity contribution in [1.29, 1.82) is 0 Å². The largest absolute Gasteiger partial charge is 0.395 e. The third-order valence-corrected chi connectivity index (χ3v) is 2.90. The Balaban J connectivity index is 2.76. The smallest absolute Gasteiger partial charge is 0.268 e. The van der Waals surface area contributed by atoms with Gasteiger partial charge in [-0.25, -0.2) is 5.48 Å². The number of rotatable bonds is 5. The molecule has 0 saturated heterocycles. The van der Waals surface area contributed by atoms with Crippen LogP contribution >= 0.6 is 0 Å². The van der Waals surface area contributed by atoms with Crippen LogP contribution in [0.2, 0.25) is 0 Å². The number of aliphatic hydroxyl groups excluding tert-OH is 2. The van der Waals surface area contributed by atoms with Crippen LogP contribution in [0.15, 0.2) is 24.3 Å². The number of hydrogen-bond acceptors (Lipinski definition) is 5. The number of carbonyl (C=O) groups excluding carboxylic acids is 2. The maximum Gasteiger partial charge on any atom is 0.268 e. The molecule has 1 aromatic carbocycles. The van der Waals surface area contributed by atoms with Gasteiger partial charge >= 0.3 is 0 Å². The number of hydroxylamine groups is 1. The average molecular weight is 330 g/mol. The summed E-state index contributed by atoms with van der Waals surface area (Å²) in [5, 5.41) is 29.0. The topological polar surface area (TPSA) is 119 Å². The molecule has 0 aliphatic heterocycles. The molecule has 0 aliphatic rings. The van der Waals surface area contributed by atoms with E-state index < -0.39 is 24.0 Å². The van der Waals surface area contributed by atoms with Gasteiger partial charge in [-0.3, -0.25) is 14.8 Å². The van der Waals surface area contributed by atoms with Crippen LogP contribution in [0, 0.1) is 23.7 Å². The summed E-state index contributed by atoms with van der Waals surface area (Å²) in [7, 11) is 0. The van der Waals surface area contributed by atoms with Gasteiger partial charge in [-0.05, 0) is 43.0 Å². The Morgan fingerprint density at radius 2 is 1.88 bits per heavy atom. The lowest BCUT2D eigenvalue weighted by Gasteiger charge is -2.19. The third kappa shape index (κ3) is 6.11. The van der Waals surface area contributed by atoms with Gasteiger partial charge in [0.05, 0.1) is 12.7 Å². The zero-order valence-electron chi connectivity index (χ0n) is 13.0. The van der Waals surface area contributed by atoms with Crippen molar-refractivity contribution in [2.45, 2.75) is 25.5 Å². The molecule has 0 heterocycles. The standard InChI is InChI=1S/C17H18N2O5/c1-12(21)15(17(23)19-24)18-16(22)14-9-7-13(8-10-14)6-4-2-3-5-11-20/h7-10,12,15,20-21,24H,5,11H2,1H3,(H,18,22)(H,19,23)/t12-,15+/m1/s1. The number of nitrogens with one attached hydrogen (secondary N) is 2. The van der Waals surface area contributed by atoms with Crippen LogP contribution in [-0.4, -0.2) is 46.0 Å². The molecular formula is C17H18N2O5. The summed E-state index contributed by atoms with van der Waals surface area (Å²) in [6.07, 6.45) is -0.816.